The largest absolute Gasteiger partial charge is 0.507 e. The van der Waals surface area contributed by atoms with Crippen LogP contribution in [0, 0.1) is 5.41 Å². The minimum absolute atomic E-state index is 0.00106. The number of hydrogen-bond acceptors (Lipinski definition) is 11. The average Bonchev–Trinajstić information content (AvgIpc) is 3.21. The molecule has 0 spiro atoms. The van der Waals surface area contributed by atoms with Gasteiger partial charge in [0.2, 0.25) is 5.41 Å². The molecule has 440 valence electrons. The molecule has 0 aliphatic carbocycles. The number of aliphatic imine (C=N–C) groups is 2. The highest BCUT2D eigenvalue weighted by Gasteiger charge is 2.58. The van der Waals surface area contributed by atoms with Crippen LogP contribution in [-0.2, 0) is 36.3 Å². The molecular formula is C66H116N6O5. The van der Waals surface area contributed by atoms with Gasteiger partial charge in [-0.05, 0) is 217 Å². The van der Waals surface area contributed by atoms with Crippen molar-refractivity contribution in [1.82, 2.24) is 20.0 Å². The topological polar surface area (TPSA) is 119 Å². The van der Waals surface area contributed by atoms with Gasteiger partial charge in [0.15, 0.2) is 0 Å². The van der Waals surface area contributed by atoms with Gasteiger partial charge in [0.25, 0.3) is 0 Å². The number of piperidine rings is 4. The number of nitrogens with one attached hydrogen (secondary N) is 1. The van der Waals surface area contributed by atoms with Gasteiger partial charge >= 0.3 is 11.9 Å². The third-order valence-corrected chi connectivity index (χ3v) is 19.0. The summed E-state index contributed by atoms with van der Waals surface area (Å²) in [5, 5.41) is 15.8. The molecule has 1 aromatic rings. The molecule has 0 amide bonds. The minimum Gasteiger partial charge on any atom is -0.507 e. The first kappa shape index (κ1) is 65.0. The van der Waals surface area contributed by atoms with Gasteiger partial charge in [-0.25, -0.2) is 0 Å². The van der Waals surface area contributed by atoms with Crippen LogP contribution in [-0.4, -0.2) is 133 Å². The zero-order valence-corrected chi connectivity index (χ0v) is 54.2. The second-order valence-electron chi connectivity index (χ2n) is 32.2. The minimum atomic E-state index is -1.92. The molecule has 4 aliphatic rings. The molecule has 0 unspecified atom stereocenters. The van der Waals surface area contributed by atoms with Crippen LogP contribution < -0.4 is 5.32 Å². The van der Waals surface area contributed by atoms with Gasteiger partial charge in [0.05, 0.1) is 12.1 Å². The second-order valence-corrected chi connectivity index (χ2v) is 32.2. The maximum Gasteiger partial charge on any atom is 0.329 e. The summed E-state index contributed by atoms with van der Waals surface area (Å²) in [5.41, 5.74) is -1.27. The van der Waals surface area contributed by atoms with Crippen molar-refractivity contribution >= 4 is 23.9 Å². The number of benzene rings is 1. The Kier molecular flexibility index (Phi) is 19.3. The first-order chi connectivity index (χ1) is 34.8. The van der Waals surface area contributed by atoms with Gasteiger partial charge in [-0.1, -0.05) is 73.4 Å². The Labute approximate surface area is 471 Å². The van der Waals surface area contributed by atoms with Gasteiger partial charge in [0.1, 0.15) is 18.0 Å². The van der Waals surface area contributed by atoms with Gasteiger partial charge in [-0.2, -0.15) is 0 Å². The number of hydrogen-bond donors (Lipinski definition) is 2. The summed E-state index contributed by atoms with van der Waals surface area (Å²) in [6.45, 7) is 52.0. The van der Waals surface area contributed by atoms with Crippen LogP contribution in [0.1, 0.15) is 266 Å². The number of unbranched alkanes of at least 4 members (excludes halogenated alkanes) is 3. The smallest absolute Gasteiger partial charge is 0.329 e. The molecule has 4 aliphatic heterocycles. The normalized spacial score (nSPS) is 24.8. The number of ether oxygens (including phenoxy) is 2. The quantitative estimate of drug-likeness (QED) is 0.0680. The van der Waals surface area contributed by atoms with Crippen LogP contribution in [0.25, 0.3) is 0 Å². The number of rotatable bonds is 17. The van der Waals surface area contributed by atoms with Crippen molar-refractivity contribution in [2.24, 2.45) is 15.4 Å². The summed E-state index contributed by atoms with van der Waals surface area (Å²) in [5.74, 6) is -0.895. The number of carbonyl (C=O) groups is 2. The van der Waals surface area contributed by atoms with E-state index in [-0.39, 0.29) is 62.5 Å². The summed E-state index contributed by atoms with van der Waals surface area (Å²) in [6, 6.07) is 4.25. The summed E-state index contributed by atoms with van der Waals surface area (Å²) < 4.78 is 14.0. The third-order valence-electron chi connectivity index (χ3n) is 19.0. The molecule has 0 saturated carbocycles. The standard InChI is InChI=1S/C66H116N6O5/c1-26-31-52(68-47-39-64(20,21)72(65(22,23)40-47)33-30-28-27-29-32-67-46-37-58(8,9)69-59(10,11)38-46)66(54(74)76-48-41-60(12,13)70(24)61(14,15)42-48,55(75)77-49-43-62(16,17)71(25)63(18,19)44-49)36-45-34-50(56(2,3)4)53(73)51(35-45)57(5,6)7/h32,34-35,46-49,69,73H,26-31,33,36-44H2,1-25H3. The molecule has 5 rings (SSSR count). The van der Waals surface area contributed by atoms with Crippen molar-refractivity contribution in [2.45, 2.75) is 335 Å². The fraction of sp³-hybridized carbons (Fsp3) is 0.848. The Bertz CT molecular complexity index is 2130. The zero-order chi connectivity index (χ0) is 58.6. The van der Waals surface area contributed by atoms with E-state index in [1.165, 1.54) is 0 Å². The molecule has 0 bridgehead atoms. The van der Waals surface area contributed by atoms with Crippen LogP contribution >= 0.6 is 0 Å². The predicted molar refractivity (Wildman–Crippen MR) is 323 cm³/mol. The van der Waals surface area contributed by atoms with Gasteiger partial charge in [-0.3, -0.25) is 34.3 Å². The molecule has 11 nitrogen and oxygen atoms in total. The summed E-state index contributed by atoms with van der Waals surface area (Å²) in [4.78, 5) is 51.1. The maximum atomic E-state index is 16.4. The highest BCUT2D eigenvalue weighted by atomic mass is 16.6. The van der Waals surface area contributed by atoms with Crippen molar-refractivity contribution in [3.05, 3.63) is 28.8 Å². The number of nitrogens with zero attached hydrogens (tertiary/aromatic N) is 5. The highest BCUT2D eigenvalue weighted by Crippen LogP contribution is 2.47. The molecule has 4 heterocycles. The molecule has 1 aromatic carbocycles. The van der Waals surface area contributed by atoms with Crippen molar-refractivity contribution in [1.29, 1.82) is 0 Å². The predicted octanol–water partition coefficient (Wildman–Crippen LogP) is 14.1. The fourth-order valence-electron chi connectivity index (χ4n) is 15.1. The molecule has 4 saturated heterocycles. The Balaban J connectivity index is 1.60. The number of carbonyl (C=O) groups excluding carboxylic acids is 2. The van der Waals surface area contributed by atoms with E-state index in [9.17, 15) is 5.11 Å². The average molecular weight is 1070 g/mol. The second kappa shape index (κ2) is 22.8. The van der Waals surface area contributed by atoms with Crippen LogP contribution in [0.3, 0.4) is 0 Å². The van der Waals surface area contributed by atoms with Gasteiger partial charge in [0, 0.05) is 82.1 Å². The van der Waals surface area contributed by atoms with Crippen molar-refractivity contribution in [2.75, 3.05) is 20.6 Å². The van der Waals surface area contributed by atoms with Crippen molar-refractivity contribution < 1.29 is 24.2 Å². The molecular weight excluding hydrogens is 957 g/mol. The van der Waals surface area contributed by atoms with E-state index in [2.05, 4.69) is 200 Å². The zero-order valence-electron chi connectivity index (χ0n) is 54.2. The summed E-state index contributed by atoms with van der Waals surface area (Å²) in [6.07, 6.45) is 12.9. The van der Waals surface area contributed by atoms with Crippen molar-refractivity contribution in [3.63, 3.8) is 0 Å². The Morgan fingerprint density at radius 3 is 1.43 bits per heavy atom. The van der Waals surface area contributed by atoms with E-state index in [0.29, 0.717) is 50.3 Å². The lowest BCUT2D eigenvalue weighted by Gasteiger charge is -2.55. The summed E-state index contributed by atoms with van der Waals surface area (Å²) >= 11 is 0. The lowest BCUT2D eigenvalue weighted by Crippen LogP contribution is -2.62. The van der Waals surface area contributed by atoms with E-state index in [0.717, 1.165) is 74.6 Å². The number of phenolic OH excluding ortho intramolecular Hbond substituents is 1. The van der Waals surface area contributed by atoms with Crippen LogP contribution in [0.5, 0.6) is 5.75 Å². The number of aromatic hydroxyl groups is 1. The fourth-order valence-corrected chi connectivity index (χ4v) is 15.1. The first-order valence-corrected chi connectivity index (χ1v) is 30.2. The Hall–Kier alpha value is -2.86. The lowest BCUT2D eigenvalue weighted by atomic mass is 9.71. The van der Waals surface area contributed by atoms with E-state index >= 15 is 9.59 Å². The van der Waals surface area contributed by atoms with E-state index < -0.39 is 40.4 Å². The van der Waals surface area contributed by atoms with E-state index in [1.54, 1.807) is 0 Å². The number of phenols is 1. The molecule has 0 aromatic heterocycles. The monoisotopic (exact) mass is 1070 g/mol. The van der Waals surface area contributed by atoms with Crippen molar-refractivity contribution in [3.8, 4) is 5.75 Å². The summed E-state index contributed by atoms with van der Waals surface area (Å²) in [7, 11) is 4.31. The van der Waals surface area contributed by atoms with E-state index in [4.69, 9.17) is 19.5 Å². The van der Waals surface area contributed by atoms with Gasteiger partial charge in [-0.15, -0.1) is 0 Å². The van der Waals surface area contributed by atoms with Crippen LogP contribution in [0.2, 0.25) is 0 Å². The molecule has 77 heavy (non-hydrogen) atoms. The molecule has 4 fully saturated rings. The molecule has 2 N–H and O–H groups in total. The first-order valence-electron chi connectivity index (χ1n) is 30.2. The third kappa shape index (κ3) is 15.4. The SMILES string of the molecule is CCCC(=NC1CC(C)(C)N(CCCCCC=NC2CC(C)(C)NC(C)(C)C2)C(C)(C)C1)C(Cc1cc(C(C)(C)C)c(O)c(C(C)(C)C)c1)(C(=O)OC1CC(C)(C)N(C)C(C)(C)C1)C(=O)OC1CC(C)(C)N(C)C(C)(C)C1. The molecule has 11 heteroatoms. The number of likely N-dealkylation sites (tertiary alicyclic amines) is 3. The van der Waals surface area contributed by atoms with Crippen LogP contribution in [0.15, 0.2) is 22.1 Å². The Morgan fingerprint density at radius 1 is 0.623 bits per heavy atom. The molecule has 0 atom stereocenters. The van der Waals surface area contributed by atoms with Gasteiger partial charge < -0.3 is 19.9 Å². The maximum absolute atomic E-state index is 16.4. The number of esters is 2. The highest BCUT2D eigenvalue weighted by molar-refractivity contribution is 6.22. The molecule has 0 radical (unpaired) electrons. The van der Waals surface area contributed by atoms with Crippen LogP contribution in [0.4, 0.5) is 0 Å². The Morgan fingerprint density at radius 2 is 1.04 bits per heavy atom. The lowest BCUT2D eigenvalue weighted by molar-refractivity contribution is -0.182. The van der Waals surface area contributed by atoms with E-state index in [1.807, 2.05) is 12.1 Å².